The number of nitrogens with zero attached hydrogens (tertiary/aromatic N) is 1. The first kappa shape index (κ1) is 15.7. The maximum absolute atomic E-state index is 14.6. The van der Waals surface area contributed by atoms with Gasteiger partial charge in [0.05, 0.1) is 16.3 Å². The molecular weight excluding hydrogens is 369 g/mol. The van der Waals surface area contributed by atoms with Gasteiger partial charge >= 0.3 is 0 Å². The first-order chi connectivity index (χ1) is 13.7. The van der Waals surface area contributed by atoms with Crippen molar-refractivity contribution in [3.8, 4) is 34.3 Å². The zero-order valence-corrected chi connectivity index (χ0v) is 15.6. The molecule has 5 heteroatoms. The van der Waals surface area contributed by atoms with Crippen LogP contribution in [0.1, 0.15) is 0 Å². The number of rotatable bonds is 1. The minimum atomic E-state index is -3.10. The predicted octanol–water partition coefficient (Wildman–Crippen LogP) is 4.60. The van der Waals surface area contributed by atoms with Crippen LogP contribution in [0.2, 0.25) is 0 Å². The van der Waals surface area contributed by atoms with Crippen molar-refractivity contribution in [3.63, 3.8) is 0 Å². The van der Waals surface area contributed by atoms with Crippen LogP contribution >= 0.6 is 7.14 Å². The van der Waals surface area contributed by atoms with Crippen molar-refractivity contribution in [3.05, 3.63) is 85.1 Å². The number of benzene rings is 3. The molecular formula is C23H14NO3P. The molecule has 0 spiro atoms. The van der Waals surface area contributed by atoms with Gasteiger partial charge in [-0.3, -0.25) is 4.98 Å². The lowest BCUT2D eigenvalue weighted by molar-refractivity contribution is 0.462. The van der Waals surface area contributed by atoms with E-state index in [-0.39, 0.29) is 0 Å². The van der Waals surface area contributed by atoms with Gasteiger partial charge in [-0.05, 0) is 48.5 Å². The van der Waals surface area contributed by atoms with Crippen molar-refractivity contribution in [2.75, 3.05) is 0 Å². The minimum absolute atomic E-state index is 0.565. The highest BCUT2D eigenvalue weighted by Crippen LogP contribution is 2.58. The van der Waals surface area contributed by atoms with Gasteiger partial charge in [-0.1, -0.05) is 30.3 Å². The quantitative estimate of drug-likeness (QED) is 0.390. The summed E-state index contributed by atoms with van der Waals surface area (Å²) in [7, 11) is -3.10. The largest absolute Gasteiger partial charge is 0.456 e. The number of aromatic nitrogens is 1. The van der Waals surface area contributed by atoms with Crippen LogP contribution in [0.4, 0.5) is 0 Å². The topological polar surface area (TPSA) is 48.4 Å². The van der Waals surface area contributed by atoms with Crippen LogP contribution in [0.25, 0.3) is 11.3 Å². The predicted molar refractivity (Wildman–Crippen MR) is 109 cm³/mol. The van der Waals surface area contributed by atoms with E-state index in [1.807, 2.05) is 78.9 Å². The van der Waals surface area contributed by atoms with Crippen LogP contribution in [0, 0.1) is 0 Å². The van der Waals surface area contributed by atoms with Gasteiger partial charge in [-0.25, -0.2) is 0 Å². The van der Waals surface area contributed by atoms with Crippen molar-refractivity contribution < 1.29 is 14.0 Å². The third kappa shape index (κ3) is 2.01. The number of hydrogen-bond acceptors (Lipinski definition) is 4. The second kappa shape index (κ2) is 5.57. The molecule has 2 aliphatic rings. The molecule has 0 unspecified atom stereocenters. The van der Waals surface area contributed by atoms with E-state index in [4.69, 9.17) is 9.47 Å². The van der Waals surface area contributed by atoms with E-state index in [1.54, 1.807) is 6.20 Å². The molecule has 0 bridgehead atoms. The Kier molecular flexibility index (Phi) is 3.12. The van der Waals surface area contributed by atoms with Crippen LogP contribution in [0.5, 0.6) is 23.0 Å². The van der Waals surface area contributed by atoms with Gasteiger partial charge in [0, 0.05) is 11.8 Å². The van der Waals surface area contributed by atoms with E-state index in [0.29, 0.717) is 38.9 Å². The summed E-state index contributed by atoms with van der Waals surface area (Å²) in [4.78, 5) is 4.44. The Morgan fingerprint density at radius 3 is 1.82 bits per heavy atom. The second-order valence-electron chi connectivity index (χ2n) is 6.78. The lowest BCUT2D eigenvalue weighted by atomic mass is 10.1. The Bertz CT molecular complexity index is 1230. The van der Waals surface area contributed by atoms with Gasteiger partial charge < -0.3 is 14.0 Å². The molecule has 0 atom stereocenters. The van der Waals surface area contributed by atoms with Crippen molar-refractivity contribution >= 4 is 23.1 Å². The smallest absolute Gasteiger partial charge is 0.185 e. The number of para-hydroxylation sites is 2. The maximum Gasteiger partial charge on any atom is 0.185 e. The van der Waals surface area contributed by atoms with Gasteiger partial charge in [0.1, 0.15) is 28.3 Å². The molecule has 3 aromatic carbocycles. The fraction of sp³-hybridized carbons (Fsp3) is 0. The third-order valence-electron chi connectivity index (χ3n) is 5.16. The average molecular weight is 383 g/mol. The number of pyridine rings is 1. The van der Waals surface area contributed by atoms with E-state index in [1.165, 1.54) is 0 Å². The average Bonchev–Trinajstić information content (AvgIpc) is 2.74. The minimum Gasteiger partial charge on any atom is -0.456 e. The van der Waals surface area contributed by atoms with Gasteiger partial charge in [0.2, 0.25) is 0 Å². The summed E-state index contributed by atoms with van der Waals surface area (Å²) in [6.45, 7) is 0. The van der Waals surface area contributed by atoms with Gasteiger partial charge in [0.15, 0.2) is 7.14 Å². The lowest BCUT2D eigenvalue weighted by Crippen LogP contribution is -2.35. The molecule has 0 N–H and O–H groups in total. The Labute approximate surface area is 161 Å². The molecule has 28 heavy (non-hydrogen) atoms. The maximum atomic E-state index is 14.6. The Balaban J connectivity index is 1.70. The highest BCUT2D eigenvalue weighted by atomic mass is 31.2. The van der Waals surface area contributed by atoms with Crippen LogP contribution in [-0.4, -0.2) is 4.98 Å². The van der Waals surface area contributed by atoms with Crippen molar-refractivity contribution in [2.45, 2.75) is 0 Å². The zero-order valence-electron chi connectivity index (χ0n) is 14.7. The number of hydrogen-bond donors (Lipinski definition) is 0. The normalized spacial score (nSPS) is 14.7. The fourth-order valence-electron chi connectivity index (χ4n) is 3.94. The van der Waals surface area contributed by atoms with E-state index >= 15 is 0 Å². The molecule has 0 saturated carbocycles. The second-order valence-corrected chi connectivity index (χ2v) is 9.41. The highest BCUT2D eigenvalue weighted by molar-refractivity contribution is 7.86. The molecule has 3 heterocycles. The van der Waals surface area contributed by atoms with Crippen LogP contribution in [-0.2, 0) is 4.57 Å². The Morgan fingerprint density at radius 2 is 1.25 bits per heavy atom. The molecule has 1 aromatic heterocycles. The standard InChI is InChI=1S/C23H14NO3P/c25-28-21-10-3-1-8-17(21)26-19-13-15(16-7-5-6-12-24-16)14-20(23(19)28)27-18-9-2-4-11-22(18)28/h1-14H. The lowest BCUT2D eigenvalue weighted by Gasteiger charge is -2.34. The molecule has 0 fully saturated rings. The summed E-state index contributed by atoms with van der Waals surface area (Å²) in [5.74, 6) is 2.38. The Hall–Kier alpha value is -3.36. The SMILES string of the molecule is O=P12c3ccccc3Oc3cc(-c4ccccn4)cc(c31)Oc1ccccc12. The summed E-state index contributed by atoms with van der Waals surface area (Å²) < 4.78 is 27.0. The first-order valence-electron chi connectivity index (χ1n) is 9.00. The number of ether oxygens (including phenoxy) is 2. The molecule has 134 valence electrons. The monoisotopic (exact) mass is 383 g/mol. The summed E-state index contributed by atoms with van der Waals surface area (Å²) in [5.41, 5.74) is 1.67. The van der Waals surface area contributed by atoms with Crippen LogP contribution in [0.3, 0.4) is 0 Å². The van der Waals surface area contributed by atoms with E-state index < -0.39 is 7.14 Å². The number of fused-ring (bicyclic) bond motifs is 4. The van der Waals surface area contributed by atoms with Gasteiger partial charge in [-0.15, -0.1) is 0 Å². The fourth-order valence-corrected chi connectivity index (χ4v) is 6.98. The first-order valence-corrected chi connectivity index (χ1v) is 10.7. The van der Waals surface area contributed by atoms with Gasteiger partial charge in [-0.2, -0.15) is 0 Å². The molecule has 0 saturated heterocycles. The van der Waals surface area contributed by atoms with E-state index in [0.717, 1.165) is 11.3 Å². The van der Waals surface area contributed by atoms with Crippen molar-refractivity contribution in [1.29, 1.82) is 0 Å². The van der Waals surface area contributed by atoms with E-state index in [9.17, 15) is 4.57 Å². The molecule has 4 nitrogen and oxygen atoms in total. The molecule has 2 aliphatic heterocycles. The molecule has 0 radical (unpaired) electrons. The zero-order chi connectivity index (χ0) is 18.7. The summed E-state index contributed by atoms with van der Waals surface area (Å²) in [6, 6.07) is 24.6. The van der Waals surface area contributed by atoms with E-state index in [2.05, 4.69) is 4.98 Å². The van der Waals surface area contributed by atoms with Gasteiger partial charge in [0.25, 0.3) is 0 Å². The third-order valence-corrected chi connectivity index (χ3v) is 8.33. The van der Waals surface area contributed by atoms with Crippen LogP contribution in [0.15, 0.2) is 85.1 Å². The summed E-state index contributed by atoms with van der Waals surface area (Å²) in [5, 5.41) is 2.06. The molecule has 0 aliphatic carbocycles. The molecule has 6 rings (SSSR count). The molecule has 4 aromatic rings. The molecule has 0 amide bonds. The summed E-state index contributed by atoms with van der Waals surface area (Å²) >= 11 is 0. The van der Waals surface area contributed by atoms with Crippen molar-refractivity contribution in [1.82, 2.24) is 4.98 Å². The van der Waals surface area contributed by atoms with Crippen molar-refractivity contribution in [2.24, 2.45) is 0 Å². The highest BCUT2D eigenvalue weighted by Gasteiger charge is 2.46. The summed E-state index contributed by atoms with van der Waals surface area (Å²) in [6.07, 6.45) is 1.75. The van der Waals surface area contributed by atoms with Crippen LogP contribution < -0.4 is 25.4 Å². The Morgan fingerprint density at radius 1 is 0.679 bits per heavy atom.